The zero-order chi connectivity index (χ0) is 12.9. The maximum atomic E-state index is 11.8. The van der Waals surface area contributed by atoms with Gasteiger partial charge in [0.1, 0.15) is 5.60 Å². The van der Waals surface area contributed by atoms with Gasteiger partial charge in [-0.15, -0.1) is 0 Å². The van der Waals surface area contributed by atoms with E-state index in [1.54, 1.807) is 0 Å². The van der Waals surface area contributed by atoms with E-state index in [-0.39, 0.29) is 11.6 Å². The predicted octanol–water partition coefficient (Wildman–Crippen LogP) is 4.32. The molecule has 2 unspecified atom stereocenters. The Labute approximate surface area is 106 Å². The minimum atomic E-state index is -0.341. The van der Waals surface area contributed by atoms with Crippen LogP contribution in [0.3, 0.4) is 0 Å². The van der Waals surface area contributed by atoms with Crippen LogP contribution < -0.4 is 0 Å². The minimum absolute atomic E-state index is 0.0178. The highest BCUT2D eigenvalue weighted by atomic mass is 16.6. The lowest BCUT2D eigenvalue weighted by atomic mass is 9.85. The van der Waals surface area contributed by atoms with Crippen molar-refractivity contribution in [2.24, 2.45) is 11.8 Å². The monoisotopic (exact) mass is 240 g/mol. The van der Waals surface area contributed by atoms with Gasteiger partial charge in [0.25, 0.3) is 0 Å². The molecule has 1 fully saturated rings. The van der Waals surface area contributed by atoms with E-state index in [2.05, 4.69) is 6.92 Å². The Morgan fingerprint density at radius 3 is 2.41 bits per heavy atom. The fraction of sp³-hybridized carbons (Fsp3) is 0.933. The normalized spacial score (nSPS) is 27.1. The molecule has 0 heterocycles. The molecule has 1 aliphatic carbocycles. The molecule has 100 valence electrons. The summed E-state index contributed by atoms with van der Waals surface area (Å²) in [5.74, 6) is 1.36. The van der Waals surface area contributed by atoms with Gasteiger partial charge in [-0.1, -0.05) is 32.6 Å². The van der Waals surface area contributed by atoms with E-state index >= 15 is 0 Å². The van der Waals surface area contributed by atoms with Crippen LogP contribution in [0.2, 0.25) is 0 Å². The molecular formula is C15H28O2. The molecule has 2 nitrogen and oxygen atoms in total. The molecule has 0 spiro atoms. The van der Waals surface area contributed by atoms with Crippen molar-refractivity contribution in [1.29, 1.82) is 0 Å². The second-order valence-corrected chi connectivity index (χ2v) is 6.62. The molecule has 2 heteroatoms. The van der Waals surface area contributed by atoms with Crippen molar-refractivity contribution in [2.75, 3.05) is 0 Å². The van der Waals surface area contributed by atoms with Crippen molar-refractivity contribution in [3.8, 4) is 0 Å². The lowest BCUT2D eigenvalue weighted by Gasteiger charge is -2.24. The van der Waals surface area contributed by atoms with Crippen molar-refractivity contribution in [1.82, 2.24) is 0 Å². The second-order valence-electron chi connectivity index (χ2n) is 6.62. The highest BCUT2D eigenvalue weighted by molar-refractivity contribution is 5.70. The average molecular weight is 240 g/mol. The fourth-order valence-corrected chi connectivity index (χ4v) is 2.56. The molecule has 0 N–H and O–H groups in total. The zero-order valence-corrected chi connectivity index (χ0v) is 11.9. The number of esters is 1. The Balaban J connectivity index is 2.36. The predicted molar refractivity (Wildman–Crippen MR) is 70.8 cm³/mol. The smallest absolute Gasteiger partial charge is 0.306 e. The zero-order valence-electron chi connectivity index (χ0n) is 11.9. The Morgan fingerprint density at radius 2 is 1.76 bits per heavy atom. The van der Waals surface area contributed by atoms with Crippen LogP contribution in [0.15, 0.2) is 0 Å². The van der Waals surface area contributed by atoms with Gasteiger partial charge in [-0.2, -0.15) is 0 Å². The van der Waals surface area contributed by atoms with Crippen LogP contribution in [0.25, 0.3) is 0 Å². The molecule has 0 aromatic rings. The van der Waals surface area contributed by atoms with Crippen LogP contribution in [-0.2, 0) is 9.53 Å². The van der Waals surface area contributed by atoms with Crippen molar-refractivity contribution < 1.29 is 9.53 Å². The number of rotatable bonds is 2. The van der Waals surface area contributed by atoms with Crippen LogP contribution in [0.1, 0.15) is 72.6 Å². The maximum Gasteiger partial charge on any atom is 0.306 e. The largest absolute Gasteiger partial charge is 0.460 e. The van der Waals surface area contributed by atoms with Crippen molar-refractivity contribution in [2.45, 2.75) is 78.2 Å². The third-order valence-corrected chi connectivity index (χ3v) is 3.50. The van der Waals surface area contributed by atoms with Gasteiger partial charge in [0.05, 0.1) is 0 Å². The van der Waals surface area contributed by atoms with Gasteiger partial charge in [-0.25, -0.2) is 0 Å². The highest BCUT2D eigenvalue weighted by Crippen LogP contribution is 2.28. The summed E-state index contributed by atoms with van der Waals surface area (Å²) in [5, 5.41) is 0. The van der Waals surface area contributed by atoms with E-state index in [1.165, 1.54) is 38.5 Å². The van der Waals surface area contributed by atoms with Crippen molar-refractivity contribution in [3.05, 3.63) is 0 Å². The number of hydrogen-bond acceptors (Lipinski definition) is 2. The van der Waals surface area contributed by atoms with Crippen LogP contribution in [0.5, 0.6) is 0 Å². The Bertz CT molecular complexity index is 240. The summed E-state index contributed by atoms with van der Waals surface area (Å²) < 4.78 is 5.40. The van der Waals surface area contributed by atoms with Gasteiger partial charge in [-0.05, 0) is 45.4 Å². The molecule has 1 rings (SSSR count). The van der Waals surface area contributed by atoms with E-state index in [4.69, 9.17) is 4.74 Å². The molecule has 0 aliphatic heterocycles. The molecule has 0 amide bonds. The van der Waals surface area contributed by atoms with Crippen LogP contribution in [0, 0.1) is 11.8 Å². The maximum absolute atomic E-state index is 11.8. The molecule has 2 atom stereocenters. The summed E-state index contributed by atoms with van der Waals surface area (Å²) in [5.41, 5.74) is -0.341. The number of hydrogen-bond donors (Lipinski definition) is 0. The van der Waals surface area contributed by atoms with E-state index < -0.39 is 0 Å². The summed E-state index contributed by atoms with van der Waals surface area (Å²) in [6.07, 6.45) is 8.24. The molecule has 17 heavy (non-hydrogen) atoms. The van der Waals surface area contributed by atoms with Gasteiger partial charge in [0.2, 0.25) is 0 Å². The number of ether oxygens (including phenoxy) is 1. The van der Waals surface area contributed by atoms with E-state index in [9.17, 15) is 4.79 Å². The van der Waals surface area contributed by atoms with Crippen LogP contribution in [-0.4, -0.2) is 11.6 Å². The van der Waals surface area contributed by atoms with E-state index in [0.29, 0.717) is 12.3 Å². The molecule has 1 saturated carbocycles. The summed E-state index contributed by atoms with van der Waals surface area (Å²) in [4.78, 5) is 11.8. The fourth-order valence-electron chi connectivity index (χ4n) is 2.56. The summed E-state index contributed by atoms with van der Waals surface area (Å²) in [7, 11) is 0. The Kier molecular flexibility index (Phi) is 5.48. The van der Waals surface area contributed by atoms with Gasteiger partial charge in [-0.3, -0.25) is 4.79 Å². The first-order valence-electron chi connectivity index (χ1n) is 7.08. The highest BCUT2D eigenvalue weighted by Gasteiger charge is 2.21. The Morgan fingerprint density at radius 1 is 1.12 bits per heavy atom. The van der Waals surface area contributed by atoms with Crippen LogP contribution in [0.4, 0.5) is 0 Å². The van der Waals surface area contributed by atoms with Crippen LogP contribution >= 0.6 is 0 Å². The van der Waals surface area contributed by atoms with E-state index in [1.807, 2.05) is 20.8 Å². The molecule has 0 bridgehead atoms. The van der Waals surface area contributed by atoms with Gasteiger partial charge >= 0.3 is 5.97 Å². The molecular weight excluding hydrogens is 212 g/mol. The average Bonchev–Trinajstić information content (AvgIpc) is 2.14. The molecule has 0 aromatic carbocycles. The van der Waals surface area contributed by atoms with Crippen molar-refractivity contribution in [3.63, 3.8) is 0 Å². The van der Waals surface area contributed by atoms with Crippen molar-refractivity contribution >= 4 is 5.97 Å². The van der Waals surface area contributed by atoms with Gasteiger partial charge < -0.3 is 4.74 Å². The lowest BCUT2D eigenvalue weighted by Crippen LogP contribution is -2.25. The summed E-state index contributed by atoms with van der Waals surface area (Å²) in [6, 6.07) is 0. The molecule has 0 saturated heterocycles. The number of carbonyl (C=O) groups excluding carboxylic acids is 1. The third kappa shape index (κ3) is 6.70. The Hall–Kier alpha value is -0.530. The molecule has 0 radical (unpaired) electrons. The number of carbonyl (C=O) groups is 1. The lowest BCUT2D eigenvalue weighted by molar-refractivity contribution is -0.156. The molecule has 1 aliphatic rings. The molecule has 0 aromatic heterocycles. The quantitative estimate of drug-likeness (QED) is 0.672. The standard InChI is InChI=1S/C15H28O2/c1-12-7-5-6-8-13(10-9-12)11-14(16)17-15(2,3)4/h12-13H,5-11H2,1-4H3. The first-order chi connectivity index (χ1) is 7.87. The SMILES string of the molecule is CC1CCCCC(CC(=O)OC(C)(C)C)CC1. The summed E-state index contributed by atoms with van der Waals surface area (Å²) in [6.45, 7) is 8.14. The topological polar surface area (TPSA) is 26.3 Å². The first-order valence-corrected chi connectivity index (χ1v) is 7.08. The third-order valence-electron chi connectivity index (χ3n) is 3.50. The first kappa shape index (κ1) is 14.5. The van der Waals surface area contributed by atoms with Gasteiger partial charge in [0.15, 0.2) is 0 Å². The van der Waals surface area contributed by atoms with E-state index in [0.717, 1.165) is 5.92 Å². The second kappa shape index (κ2) is 6.42. The van der Waals surface area contributed by atoms with Gasteiger partial charge in [0, 0.05) is 6.42 Å². The summed E-state index contributed by atoms with van der Waals surface area (Å²) >= 11 is 0. The minimum Gasteiger partial charge on any atom is -0.460 e.